The van der Waals surface area contributed by atoms with Crippen molar-refractivity contribution in [2.75, 3.05) is 36.5 Å². The molecule has 1 saturated heterocycles. The smallest absolute Gasteiger partial charge is 0.408 e. The molecule has 1 N–H and O–H groups in total. The van der Waals surface area contributed by atoms with E-state index in [0.29, 0.717) is 12.1 Å². The van der Waals surface area contributed by atoms with E-state index >= 15 is 0 Å². The van der Waals surface area contributed by atoms with Gasteiger partial charge in [0.05, 0.1) is 18.7 Å². The van der Waals surface area contributed by atoms with Crippen LogP contribution in [0, 0.1) is 0 Å². The Morgan fingerprint density at radius 2 is 1.92 bits per heavy atom. The summed E-state index contributed by atoms with van der Waals surface area (Å²) in [4.78, 5) is 14.0. The number of benzene rings is 2. The molecule has 130 valence electrons. The van der Waals surface area contributed by atoms with Gasteiger partial charge in [0, 0.05) is 44.1 Å². The van der Waals surface area contributed by atoms with Gasteiger partial charge in [0.2, 0.25) is 0 Å². The number of hydrogen-bond acceptors (Lipinski definition) is 5. The zero-order valence-corrected chi connectivity index (χ0v) is 14.2. The number of nitrogens with zero attached hydrogens (tertiary/aromatic N) is 2. The molecule has 0 bridgehead atoms. The third-order valence-corrected chi connectivity index (χ3v) is 4.62. The van der Waals surface area contributed by atoms with E-state index in [1.165, 1.54) is 15.8 Å². The summed E-state index contributed by atoms with van der Waals surface area (Å²) in [6.07, 6.45) is 0. The summed E-state index contributed by atoms with van der Waals surface area (Å²) in [5, 5.41) is 3.43. The summed E-state index contributed by atoms with van der Waals surface area (Å²) in [5.41, 5.74) is 4.80. The number of para-hydroxylation sites is 1. The molecule has 3 aromatic rings. The predicted molar refractivity (Wildman–Crippen MR) is 98.3 cm³/mol. The van der Waals surface area contributed by atoms with Crippen LogP contribution in [0.2, 0.25) is 0 Å². The first-order valence-corrected chi connectivity index (χ1v) is 8.46. The minimum absolute atomic E-state index is 0.343. The third-order valence-electron chi connectivity index (χ3n) is 4.62. The number of oxazole rings is 1. The largest absolute Gasteiger partial charge is 0.419 e. The van der Waals surface area contributed by atoms with E-state index in [2.05, 4.69) is 34.5 Å². The summed E-state index contributed by atoms with van der Waals surface area (Å²) in [5.74, 6) is -0.343. The summed E-state index contributed by atoms with van der Waals surface area (Å²) < 4.78 is 12.2. The Hall–Kier alpha value is -2.73. The summed E-state index contributed by atoms with van der Waals surface area (Å²) in [7, 11) is 1.71. The summed E-state index contributed by atoms with van der Waals surface area (Å²) >= 11 is 0. The Bertz CT molecular complexity index is 938. The molecule has 6 nitrogen and oxygen atoms in total. The maximum absolute atomic E-state index is 11.6. The van der Waals surface area contributed by atoms with Crippen molar-refractivity contribution < 1.29 is 9.15 Å². The van der Waals surface area contributed by atoms with Crippen molar-refractivity contribution in [2.45, 2.75) is 6.54 Å². The molecule has 2 aromatic carbocycles. The second-order valence-corrected chi connectivity index (χ2v) is 6.19. The second-order valence-electron chi connectivity index (χ2n) is 6.19. The van der Waals surface area contributed by atoms with Crippen LogP contribution in [0.4, 0.5) is 11.4 Å². The Morgan fingerprint density at radius 3 is 2.76 bits per heavy atom. The summed E-state index contributed by atoms with van der Waals surface area (Å²) in [6.45, 7) is 4.07. The maximum Gasteiger partial charge on any atom is 0.419 e. The Labute approximate surface area is 145 Å². The molecule has 1 aromatic heterocycles. The van der Waals surface area contributed by atoms with Crippen molar-refractivity contribution in [3.05, 3.63) is 58.6 Å². The van der Waals surface area contributed by atoms with Crippen molar-refractivity contribution in [3.8, 4) is 0 Å². The van der Waals surface area contributed by atoms with E-state index in [-0.39, 0.29) is 5.76 Å². The van der Waals surface area contributed by atoms with Crippen LogP contribution in [0.3, 0.4) is 0 Å². The highest BCUT2D eigenvalue weighted by Gasteiger charge is 2.14. The molecule has 6 heteroatoms. The van der Waals surface area contributed by atoms with Gasteiger partial charge in [-0.1, -0.05) is 18.2 Å². The van der Waals surface area contributed by atoms with Gasteiger partial charge in [0.25, 0.3) is 0 Å². The first-order chi connectivity index (χ1) is 12.2. The van der Waals surface area contributed by atoms with Gasteiger partial charge >= 0.3 is 5.76 Å². The lowest BCUT2D eigenvalue weighted by molar-refractivity contribution is 0.122. The Balaban J connectivity index is 1.54. The molecule has 25 heavy (non-hydrogen) atoms. The quantitative estimate of drug-likeness (QED) is 0.792. The van der Waals surface area contributed by atoms with Crippen LogP contribution >= 0.6 is 0 Å². The molecule has 0 radical (unpaired) electrons. The molecule has 0 aliphatic carbocycles. The fourth-order valence-corrected chi connectivity index (χ4v) is 3.21. The number of ether oxygens (including phenoxy) is 1. The lowest BCUT2D eigenvalue weighted by Crippen LogP contribution is -2.36. The molecule has 0 unspecified atom stereocenters. The lowest BCUT2D eigenvalue weighted by atomic mass is 10.1. The van der Waals surface area contributed by atoms with Crippen molar-refractivity contribution in [1.82, 2.24) is 4.57 Å². The number of morpholine rings is 1. The van der Waals surface area contributed by atoms with Crippen molar-refractivity contribution in [2.24, 2.45) is 7.05 Å². The zero-order valence-electron chi connectivity index (χ0n) is 14.2. The normalized spacial score (nSPS) is 14.8. The van der Waals surface area contributed by atoms with Gasteiger partial charge in [-0.3, -0.25) is 4.57 Å². The molecule has 0 amide bonds. The number of aromatic nitrogens is 1. The van der Waals surface area contributed by atoms with Crippen LogP contribution in [-0.2, 0) is 18.3 Å². The van der Waals surface area contributed by atoms with E-state index in [9.17, 15) is 4.79 Å². The average Bonchev–Trinajstić information content (AvgIpc) is 2.94. The highest BCUT2D eigenvalue weighted by molar-refractivity contribution is 5.77. The van der Waals surface area contributed by atoms with Gasteiger partial charge in [-0.25, -0.2) is 4.79 Å². The lowest BCUT2D eigenvalue weighted by Gasteiger charge is -2.30. The van der Waals surface area contributed by atoms with E-state index in [0.717, 1.165) is 37.5 Å². The monoisotopic (exact) mass is 339 g/mol. The number of aryl methyl sites for hydroxylation is 1. The van der Waals surface area contributed by atoms with Crippen molar-refractivity contribution >= 4 is 22.5 Å². The second kappa shape index (κ2) is 6.64. The van der Waals surface area contributed by atoms with Gasteiger partial charge < -0.3 is 19.4 Å². The SMILES string of the molecule is Cn1c(=O)oc2cc(NCc3ccccc3N3CCOCC3)ccc21. The standard InChI is InChI=1S/C19H21N3O3/c1-21-17-7-6-15(12-18(17)25-19(21)23)20-13-14-4-2-3-5-16(14)22-8-10-24-11-9-22/h2-7,12,20H,8-11,13H2,1H3. The Morgan fingerprint density at radius 1 is 1.12 bits per heavy atom. The van der Waals surface area contributed by atoms with E-state index in [1.807, 2.05) is 18.2 Å². The van der Waals surface area contributed by atoms with Crippen LogP contribution in [0.1, 0.15) is 5.56 Å². The fourth-order valence-electron chi connectivity index (χ4n) is 3.21. The summed E-state index contributed by atoms with van der Waals surface area (Å²) in [6, 6.07) is 14.2. The minimum atomic E-state index is -0.343. The van der Waals surface area contributed by atoms with E-state index in [1.54, 1.807) is 7.05 Å². The van der Waals surface area contributed by atoms with Crippen LogP contribution in [-0.4, -0.2) is 30.9 Å². The molecule has 4 rings (SSSR count). The van der Waals surface area contributed by atoms with Crippen LogP contribution in [0.15, 0.2) is 51.7 Å². The maximum atomic E-state index is 11.6. The van der Waals surface area contributed by atoms with E-state index in [4.69, 9.17) is 9.15 Å². The molecular formula is C19H21N3O3. The number of hydrogen-bond donors (Lipinski definition) is 1. The highest BCUT2D eigenvalue weighted by Crippen LogP contribution is 2.24. The van der Waals surface area contributed by atoms with Gasteiger partial charge in [-0.2, -0.15) is 0 Å². The van der Waals surface area contributed by atoms with Gasteiger partial charge in [-0.15, -0.1) is 0 Å². The van der Waals surface area contributed by atoms with Crippen LogP contribution < -0.4 is 16.0 Å². The molecule has 0 spiro atoms. The average molecular weight is 339 g/mol. The Kier molecular flexibility index (Phi) is 4.19. The number of anilines is 2. The van der Waals surface area contributed by atoms with E-state index < -0.39 is 0 Å². The van der Waals surface area contributed by atoms with Crippen LogP contribution in [0.5, 0.6) is 0 Å². The van der Waals surface area contributed by atoms with Gasteiger partial charge in [-0.05, 0) is 23.8 Å². The zero-order chi connectivity index (χ0) is 17.2. The molecule has 1 aliphatic heterocycles. The predicted octanol–water partition coefficient (Wildman–Crippen LogP) is 2.58. The molecular weight excluding hydrogens is 318 g/mol. The molecule has 1 fully saturated rings. The first kappa shape index (κ1) is 15.8. The first-order valence-electron chi connectivity index (χ1n) is 8.46. The topological polar surface area (TPSA) is 59.6 Å². The molecule has 0 atom stereocenters. The molecule has 0 saturated carbocycles. The van der Waals surface area contributed by atoms with Crippen LogP contribution in [0.25, 0.3) is 11.1 Å². The number of rotatable bonds is 4. The minimum Gasteiger partial charge on any atom is -0.408 e. The number of nitrogens with one attached hydrogen (secondary N) is 1. The van der Waals surface area contributed by atoms with Gasteiger partial charge in [0.1, 0.15) is 0 Å². The third kappa shape index (κ3) is 3.13. The van der Waals surface area contributed by atoms with Crippen molar-refractivity contribution in [1.29, 1.82) is 0 Å². The number of fused-ring (bicyclic) bond motifs is 1. The highest BCUT2D eigenvalue weighted by atomic mass is 16.5. The van der Waals surface area contributed by atoms with Crippen molar-refractivity contribution in [3.63, 3.8) is 0 Å². The van der Waals surface area contributed by atoms with Gasteiger partial charge in [0.15, 0.2) is 5.58 Å². The molecule has 1 aliphatic rings. The fraction of sp³-hybridized carbons (Fsp3) is 0.316. The molecule has 2 heterocycles.